The summed E-state index contributed by atoms with van der Waals surface area (Å²) in [5.74, 6) is 0.974. The Hall–Kier alpha value is -0.380. The van der Waals surface area contributed by atoms with Crippen LogP contribution in [0.15, 0.2) is 22.7 Å². The lowest BCUT2D eigenvalue weighted by Crippen LogP contribution is -2.09. The molecule has 2 unspecified atom stereocenters. The molecule has 1 fully saturated rings. The highest BCUT2D eigenvalue weighted by molar-refractivity contribution is 9.10. The molecule has 0 saturated carbocycles. The first-order valence-corrected chi connectivity index (χ1v) is 6.59. The van der Waals surface area contributed by atoms with Crippen molar-refractivity contribution in [1.82, 2.24) is 0 Å². The second kappa shape index (κ2) is 5.30. The van der Waals surface area contributed by atoms with Gasteiger partial charge in [-0.3, -0.25) is 0 Å². The number of benzene rings is 1. The Kier molecular flexibility index (Phi) is 4.00. The Morgan fingerprint density at radius 3 is 2.94 bits per heavy atom. The first-order valence-electron chi connectivity index (χ1n) is 5.79. The predicted octanol–water partition coefficient (Wildman–Crippen LogP) is 3.02. The van der Waals surface area contributed by atoms with Gasteiger partial charge in [0.2, 0.25) is 0 Å². The highest BCUT2D eigenvalue weighted by Crippen LogP contribution is 2.32. The minimum Gasteiger partial charge on any atom is -0.381 e. The second-order valence-corrected chi connectivity index (χ2v) is 5.33. The van der Waals surface area contributed by atoms with Crippen LogP contribution in [0.2, 0.25) is 0 Å². The molecular weight excluding hydrogens is 266 g/mol. The molecule has 1 saturated heterocycles. The molecule has 0 radical (unpaired) electrons. The van der Waals surface area contributed by atoms with E-state index in [1.807, 2.05) is 0 Å². The molecule has 3 heteroatoms. The SMILES string of the molecule is CC(CN)c1ccc(C2CCOC2)c(Br)c1. The van der Waals surface area contributed by atoms with Gasteiger partial charge < -0.3 is 10.5 Å². The molecular formula is C13H18BrNO. The molecule has 0 aromatic heterocycles. The fraction of sp³-hybridized carbons (Fsp3) is 0.538. The minimum atomic E-state index is 0.421. The standard InChI is InChI=1S/C13H18BrNO/c1-9(7-15)10-2-3-12(13(14)6-10)11-4-5-16-8-11/h2-3,6,9,11H,4-5,7-8,15H2,1H3. The Balaban J connectivity index is 2.22. The van der Waals surface area contributed by atoms with E-state index in [2.05, 4.69) is 41.1 Å². The monoisotopic (exact) mass is 283 g/mol. The first kappa shape index (κ1) is 12.1. The minimum absolute atomic E-state index is 0.421. The maximum atomic E-state index is 5.68. The van der Waals surface area contributed by atoms with Crippen molar-refractivity contribution in [3.05, 3.63) is 33.8 Å². The Morgan fingerprint density at radius 1 is 1.56 bits per heavy atom. The van der Waals surface area contributed by atoms with Gasteiger partial charge in [0.1, 0.15) is 0 Å². The summed E-state index contributed by atoms with van der Waals surface area (Å²) in [5.41, 5.74) is 8.35. The predicted molar refractivity (Wildman–Crippen MR) is 69.8 cm³/mol. The molecule has 88 valence electrons. The molecule has 0 bridgehead atoms. The van der Waals surface area contributed by atoms with Crippen molar-refractivity contribution in [3.8, 4) is 0 Å². The lowest BCUT2D eigenvalue weighted by Gasteiger charge is -2.14. The van der Waals surface area contributed by atoms with E-state index in [-0.39, 0.29) is 0 Å². The summed E-state index contributed by atoms with van der Waals surface area (Å²) >= 11 is 3.66. The average Bonchev–Trinajstić information content (AvgIpc) is 2.81. The van der Waals surface area contributed by atoms with Gasteiger partial charge in [0.15, 0.2) is 0 Å². The number of ether oxygens (including phenoxy) is 1. The second-order valence-electron chi connectivity index (χ2n) is 4.48. The molecule has 2 atom stereocenters. The maximum absolute atomic E-state index is 5.68. The van der Waals surface area contributed by atoms with Crippen LogP contribution in [-0.4, -0.2) is 19.8 Å². The molecule has 1 aliphatic heterocycles. The number of hydrogen-bond acceptors (Lipinski definition) is 2. The summed E-state index contributed by atoms with van der Waals surface area (Å²) in [5, 5.41) is 0. The van der Waals surface area contributed by atoms with Crippen LogP contribution < -0.4 is 5.73 Å². The number of halogens is 1. The highest BCUT2D eigenvalue weighted by atomic mass is 79.9. The van der Waals surface area contributed by atoms with E-state index >= 15 is 0 Å². The topological polar surface area (TPSA) is 35.2 Å². The van der Waals surface area contributed by atoms with E-state index < -0.39 is 0 Å². The van der Waals surface area contributed by atoms with E-state index in [1.54, 1.807) is 0 Å². The van der Waals surface area contributed by atoms with Crippen LogP contribution in [0, 0.1) is 0 Å². The molecule has 1 heterocycles. The van der Waals surface area contributed by atoms with Crippen LogP contribution in [0.4, 0.5) is 0 Å². The number of hydrogen-bond donors (Lipinski definition) is 1. The van der Waals surface area contributed by atoms with Gasteiger partial charge in [-0.15, -0.1) is 0 Å². The fourth-order valence-electron chi connectivity index (χ4n) is 2.10. The van der Waals surface area contributed by atoms with Crippen LogP contribution in [-0.2, 0) is 4.74 Å². The van der Waals surface area contributed by atoms with E-state index in [4.69, 9.17) is 10.5 Å². The van der Waals surface area contributed by atoms with Gasteiger partial charge in [-0.25, -0.2) is 0 Å². The summed E-state index contributed by atoms with van der Waals surface area (Å²) in [4.78, 5) is 0. The van der Waals surface area contributed by atoms with Crippen molar-refractivity contribution < 1.29 is 4.74 Å². The quantitative estimate of drug-likeness (QED) is 0.926. The van der Waals surface area contributed by atoms with Gasteiger partial charge in [0.05, 0.1) is 6.61 Å². The summed E-state index contributed by atoms with van der Waals surface area (Å²) in [6, 6.07) is 6.60. The van der Waals surface area contributed by atoms with E-state index in [1.165, 1.54) is 15.6 Å². The third-order valence-electron chi connectivity index (χ3n) is 3.32. The van der Waals surface area contributed by atoms with Crippen LogP contribution in [0.3, 0.4) is 0 Å². The summed E-state index contributed by atoms with van der Waals surface area (Å²) in [7, 11) is 0. The number of nitrogens with two attached hydrogens (primary N) is 1. The average molecular weight is 284 g/mol. The zero-order valence-electron chi connectivity index (χ0n) is 9.58. The van der Waals surface area contributed by atoms with E-state index in [0.717, 1.165) is 19.6 Å². The first-order chi connectivity index (χ1) is 7.72. The third-order valence-corrected chi connectivity index (χ3v) is 4.00. The summed E-state index contributed by atoms with van der Waals surface area (Å²) in [6.45, 7) is 4.58. The highest BCUT2D eigenvalue weighted by Gasteiger charge is 2.20. The molecule has 1 aromatic carbocycles. The molecule has 0 aliphatic carbocycles. The van der Waals surface area contributed by atoms with Gasteiger partial charge >= 0.3 is 0 Å². The van der Waals surface area contributed by atoms with Gasteiger partial charge in [0, 0.05) is 17.0 Å². The molecule has 2 nitrogen and oxygen atoms in total. The van der Waals surface area contributed by atoms with Crippen molar-refractivity contribution in [3.63, 3.8) is 0 Å². The largest absolute Gasteiger partial charge is 0.381 e. The summed E-state index contributed by atoms with van der Waals surface area (Å²) < 4.78 is 6.62. The molecule has 16 heavy (non-hydrogen) atoms. The molecule has 1 aliphatic rings. The van der Waals surface area contributed by atoms with Crippen molar-refractivity contribution >= 4 is 15.9 Å². The normalized spacial score (nSPS) is 22.3. The Labute approximate surface area is 105 Å². The Bertz CT molecular complexity index is 361. The zero-order valence-corrected chi connectivity index (χ0v) is 11.2. The molecule has 0 spiro atoms. The fourth-order valence-corrected chi connectivity index (χ4v) is 2.82. The summed E-state index contributed by atoms with van der Waals surface area (Å²) in [6.07, 6.45) is 1.13. The van der Waals surface area contributed by atoms with Gasteiger partial charge in [0.25, 0.3) is 0 Å². The van der Waals surface area contributed by atoms with Crippen LogP contribution in [0.5, 0.6) is 0 Å². The zero-order chi connectivity index (χ0) is 11.5. The van der Waals surface area contributed by atoms with Crippen molar-refractivity contribution in [2.24, 2.45) is 5.73 Å². The molecule has 2 rings (SSSR count). The third kappa shape index (κ3) is 2.47. The van der Waals surface area contributed by atoms with E-state index in [0.29, 0.717) is 18.4 Å². The van der Waals surface area contributed by atoms with Gasteiger partial charge in [-0.2, -0.15) is 0 Å². The van der Waals surface area contributed by atoms with E-state index in [9.17, 15) is 0 Å². The Morgan fingerprint density at radius 2 is 2.38 bits per heavy atom. The van der Waals surface area contributed by atoms with Crippen molar-refractivity contribution in [1.29, 1.82) is 0 Å². The molecule has 0 amide bonds. The van der Waals surface area contributed by atoms with Gasteiger partial charge in [-0.1, -0.05) is 35.0 Å². The maximum Gasteiger partial charge on any atom is 0.0535 e. The number of rotatable bonds is 3. The molecule has 2 N–H and O–H groups in total. The van der Waals surface area contributed by atoms with Crippen LogP contribution >= 0.6 is 15.9 Å². The lowest BCUT2D eigenvalue weighted by molar-refractivity contribution is 0.194. The van der Waals surface area contributed by atoms with Gasteiger partial charge in [-0.05, 0) is 36.1 Å². The van der Waals surface area contributed by atoms with Crippen molar-refractivity contribution in [2.75, 3.05) is 19.8 Å². The van der Waals surface area contributed by atoms with Crippen LogP contribution in [0.1, 0.15) is 36.3 Å². The molecule has 1 aromatic rings. The lowest BCUT2D eigenvalue weighted by atomic mass is 9.94. The van der Waals surface area contributed by atoms with Crippen LogP contribution in [0.25, 0.3) is 0 Å². The van der Waals surface area contributed by atoms with Crippen molar-refractivity contribution in [2.45, 2.75) is 25.2 Å². The smallest absolute Gasteiger partial charge is 0.0535 e.